The van der Waals surface area contributed by atoms with E-state index in [2.05, 4.69) is 27.7 Å². The number of carbonyl (C=O) groups is 4. The third kappa shape index (κ3) is 71.4. The van der Waals surface area contributed by atoms with Crippen molar-refractivity contribution in [2.24, 2.45) is 0 Å². The summed E-state index contributed by atoms with van der Waals surface area (Å²) < 4.78 is 22.6. The van der Waals surface area contributed by atoms with E-state index in [0.29, 0.717) is 82.8 Å². The number of aliphatic hydroxyl groups is 2. The smallest absolute Gasteiger partial charge is 0.305 e. The van der Waals surface area contributed by atoms with E-state index in [0.717, 1.165) is 51.4 Å². The van der Waals surface area contributed by atoms with Gasteiger partial charge in [0.1, 0.15) is 45.6 Å². The third-order valence-corrected chi connectivity index (χ3v) is 20.2. The summed E-state index contributed by atoms with van der Waals surface area (Å²) in [5.74, 6) is -0.534. The van der Waals surface area contributed by atoms with E-state index in [1.54, 1.807) is 0 Å². The molecule has 0 aliphatic heterocycles. The van der Waals surface area contributed by atoms with Crippen LogP contribution in [0.3, 0.4) is 0 Å². The molecule has 566 valence electrons. The van der Waals surface area contributed by atoms with E-state index in [9.17, 15) is 29.4 Å². The van der Waals surface area contributed by atoms with Gasteiger partial charge in [0.2, 0.25) is 0 Å². The van der Waals surface area contributed by atoms with Crippen LogP contribution in [0.15, 0.2) is 0 Å². The van der Waals surface area contributed by atoms with Gasteiger partial charge in [0.15, 0.2) is 0 Å². The van der Waals surface area contributed by atoms with Gasteiger partial charge in [-0.25, -0.2) is 0 Å². The maximum Gasteiger partial charge on any atom is 0.305 e. The molecule has 2 atom stereocenters. The van der Waals surface area contributed by atoms with Crippen LogP contribution in [0.1, 0.15) is 427 Å². The van der Waals surface area contributed by atoms with Gasteiger partial charge < -0.3 is 33.6 Å². The van der Waals surface area contributed by atoms with Gasteiger partial charge in [-0.3, -0.25) is 24.1 Å². The van der Waals surface area contributed by atoms with E-state index in [1.165, 1.54) is 308 Å². The minimum absolute atomic E-state index is 0.0137. The third-order valence-electron chi connectivity index (χ3n) is 20.2. The van der Waals surface area contributed by atoms with Crippen molar-refractivity contribution in [2.45, 2.75) is 439 Å². The van der Waals surface area contributed by atoms with Gasteiger partial charge in [0, 0.05) is 44.8 Å². The molecule has 0 amide bonds. The highest BCUT2D eigenvalue weighted by Gasteiger charge is 2.29. The van der Waals surface area contributed by atoms with E-state index >= 15 is 0 Å². The van der Waals surface area contributed by atoms with Gasteiger partial charge in [-0.2, -0.15) is 0 Å². The Morgan fingerprint density at radius 3 is 0.642 bits per heavy atom. The van der Waals surface area contributed by atoms with Crippen LogP contribution in [0.5, 0.6) is 0 Å². The lowest BCUT2D eigenvalue weighted by Crippen LogP contribution is -2.56. The highest BCUT2D eigenvalue weighted by Crippen LogP contribution is 2.19. The predicted molar refractivity (Wildman–Crippen MR) is 404 cm³/mol. The number of likely N-dealkylation sites (N-methyl/N-ethyl adjacent to an activating group) is 1. The van der Waals surface area contributed by atoms with Gasteiger partial charge in [0.05, 0.1) is 20.3 Å². The first kappa shape index (κ1) is 94.8. The van der Waals surface area contributed by atoms with Gasteiger partial charge in [-0.05, 0) is 39.5 Å². The molecule has 0 saturated heterocycles. The van der Waals surface area contributed by atoms with E-state index in [4.69, 9.17) is 18.9 Å². The first-order chi connectivity index (χ1) is 46.4. The maximum absolute atomic E-state index is 12.3. The Labute approximate surface area is 590 Å². The number of aliphatic hydroxyl groups excluding tert-OH is 2. The second-order valence-corrected chi connectivity index (χ2v) is 29.3. The van der Waals surface area contributed by atoms with Gasteiger partial charge in [-0.1, -0.05) is 362 Å². The zero-order chi connectivity index (χ0) is 69.9. The molecule has 0 heterocycles. The summed E-state index contributed by atoms with van der Waals surface area (Å²) in [5, 5.41) is 19.5. The molecule has 12 nitrogen and oxygen atoms in total. The molecule has 0 aliphatic rings. The Morgan fingerprint density at radius 1 is 0.284 bits per heavy atom. The Kier molecular flexibility index (Phi) is 77.3. The normalized spacial score (nSPS) is 12.2. The van der Waals surface area contributed by atoms with Crippen molar-refractivity contribution >= 4 is 23.9 Å². The van der Waals surface area contributed by atoms with Gasteiger partial charge >= 0.3 is 23.9 Å². The Morgan fingerprint density at radius 2 is 0.463 bits per heavy atom. The highest BCUT2D eigenvalue weighted by molar-refractivity contribution is 5.70. The Balaban J connectivity index is 0. The fourth-order valence-corrected chi connectivity index (χ4v) is 12.9. The molecule has 0 spiro atoms. The molecule has 0 rings (SSSR count). The number of esters is 4. The molecule has 0 aromatic rings. The van der Waals surface area contributed by atoms with Crippen molar-refractivity contribution in [3.05, 3.63) is 0 Å². The van der Waals surface area contributed by atoms with E-state index in [1.807, 2.05) is 25.8 Å². The lowest BCUT2D eigenvalue weighted by molar-refractivity contribution is -0.932. The average Bonchev–Trinajstić information content (AvgIpc) is 1.23. The summed E-state index contributed by atoms with van der Waals surface area (Å²) in [7, 11) is 2.05. The number of nitrogens with zero attached hydrogens (tertiary/aromatic N) is 2. The number of carbonyl (C=O) groups excluding carboxylic acids is 4. The second-order valence-electron chi connectivity index (χ2n) is 29.3. The van der Waals surface area contributed by atoms with Crippen molar-refractivity contribution in [2.75, 3.05) is 72.9 Å². The van der Waals surface area contributed by atoms with Crippen LogP contribution >= 0.6 is 0 Å². The summed E-state index contributed by atoms with van der Waals surface area (Å²) in [6.45, 7) is 16.6. The van der Waals surface area contributed by atoms with Crippen LogP contribution in [0.2, 0.25) is 0 Å². The van der Waals surface area contributed by atoms with Gasteiger partial charge in [-0.15, -0.1) is 0 Å². The molecule has 0 aliphatic carbocycles. The van der Waals surface area contributed by atoms with Crippen LogP contribution < -0.4 is 0 Å². The molecular formula is C83H165N2O10+. The van der Waals surface area contributed by atoms with Crippen LogP contribution in [-0.4, -0.2) is 128 Å². The molecule has 2 N–H and O–H groups in total. The average molecular weight is 1350 g/mol. The summed E-state index contributed by atoms with van der Waals surface area (Å²) >= 11 is 0. The minimum Gasteiger partial charge on any atom is -0.464 e. The lowest BCUT2D eigenvalue weighted by atomic mass is 10.0. The molecular weight excluding hydrogens is 1180 g/mol. The number of hydrogen-bond donors (Lipinski definition) is 2. The molecule has 0 bridgehead atoms. The minimum atomic E-state index is -0.140. The molecule has 0 aromatic carbocycles. The number of ether oxygens (including phenoxy) is 4. The van der Waals surface area contributed by atoms with Crippen molar-refractivity contribution in [1.82, 2.24) is 4.90 Å². The zero-order valence-corrected chi connectivity index (χ0v) is 64.7. The van der Waals surface area contributed by atoms with E-state index < -0.39 is 0 Å². The number of unbranched alkanes of at least 4 members (excludes halogenated alkanes) is 52. The van der Waals surface area contributed by atoms with Crippen molar-refractivity contribution < 1.29 is 52.8 Å². The first-order valence-corrected chi connectivity index (χ1v) is 41.9. The van der Waals surface area contributed by atoms with Crippen molar-refractivity contribution in [3.8, 4) is 0 Å². The summed E-state index contributed by atoms with van der Waals surface area (Å²) in [5.41, 5.74) is 0. The van der Waals surface area contributed by atoms with Crippen LogP contribution in [-0.2, 0) is 38.1 Å². The summed E-state index contributed by atoms with van der Waals surface area (Å²) in [6.07, 6.45) is 74.7. The molecule has 2 unspecified atom stereocenters. The fourth-order valence-electron chi connectivity index (χ4n) is 12.9. The summed E-state index contributed by atoms with van der Waals surface area (Å²) in [6, 6.07) is -0.108. The first-order valence-electron chi connectivity index (χ1n) is 41.9. The van der Waals surface area contributed by atoms with E-state index in [-0.39, 0.29) is 49.2 Å². The molecule has 0 radical (unpaired) electrons. The zero-order valence-electron chi connectivity index (χ0n) is 64.7. The number of rotatable bonds is 76. The van der Waals surface area contributed by atoms with Gasteiger partial charge in [0.25, 0.3) is 0 Å². The van der Waals surface area contributed by atoms with Crippen molar-refractivity contribution in [3.63, 3.8) is 0 Å². The van der Waals surface area contributed by atoms with Crippen LogP contribution in [0, 0.1) is 0 Å². The molecule has 0 fully saturated rings. The maximum atomic E-state index is 12.3. The molecule has 12 heteroatoms. The fraction of sp³-hybridized carbons (Fsp3) is 0.952. The van der Waals surface area contributed by atoms with Crippen LogP contribution in [0.25, 0.3) is 0 Å². The predicted octanol–water partition coefficient (Wildman–Crippen LogP) is 23.1. The molecule has 95 heavy (non-hydrogen) atoms. The second kappa shape index (κ2) is 77.5. The topological polar surface area (TPSA) is 149 Å². The number of hydrogen-bond acceptors (Lipinski definition) is 11. The molecule has 0 aromatic heterocycles. The number of quaternary nitrogens is 1. The van der Waals surface area contributed by atoms with Crippen molar-refractivity contribution in [1.29, 1.82) is 0 Å². The quantitative estimate of drug-likeness (QED) is 0.0259. The Bertz CT molecular complexity index is 1480. The largest absolute Gasteiger partial charge is 0.464 e. The molecule has 0 saturated carbocycles. The Hall–Kier alpha value is -2.28. The SMILES string of the molecule is CCCCCCCCCCCCCCCC(=O)OCCN(CCOC(=O)CCCCCCCCCCCCCCC)C(C)CO.CCCCCCCCCCCCCCCCCC(=O)OCC[N+](C)(CCOC(=O)CCCCCCCCCCCCCCCCC)C(C)CO. The van der Waals surface area contributed by atoms with Crippen LogP contribution in [0.4, 0.5) is 0 Å². The monoisotopic (exact) mass is 1350 g/mol. The lowest BCUT2D eigenvalue weighted by Gasteiger charge is -2.39. The highest BCUT2D eigenvalue weighted by atomic mass is 16.5. The summed E-state index contributed by atoms with van der Waals surface area (Å²) in [4.78, 5) is 51.1. The standard InChI is InChI=1S/C44H88NO5.C39H77NO5/c1-5-7-9-11-13-15-17-19-21-23-25-27-29-31-33-35-43(47)49-39-37-45(4,42(3)41-46)38-40-50-44(48)36-34-32-30-28-26-24-22-20-18-16-14-12-10-8-6-2;1-4-6-8-10-12-14-16-18-20-22-24-26-28-30-38(42)44-34-32-40(37(3)36-41)33-35-45-39(43)31-29-27-25-23-21-19-17-15-13-11-9-7-5-2/h42,46H,5-41H2,1-4H3;37,41H,4-36H2,1-3H3/q+1;.